The molecule has 0 saturated carbocycles. The highest BCUT2D eigenvalue weighted by molar-refractivity contribution is 5.74. The molecule has 76 valence electrons. The van der Waals surface area contributed by atoms with Gasteiger partial charge < -0.3 is 10.2 Å². The number of aliphatic carboxylic acids is 1. The summed E-state index contributed by atoms with van der Waals surface area (Å²) in [6, 6.07) is 2.02. The normalized spacial score (nSPS) is 12.6. The van der Waals surface area contributed by atoms with Crippen LogP contribution in [0.4, 0.5) is 8.78 Å². The van der Waals surface area contributed by atoms with Gasteiger partial charge in [0.05, 0.1) is 0 Å². The Morgan fingerprint density at radius 1 is 1.43 bits per heavy atom. The molecule has 1 rings (SSSR count). The van der Waals surface area contributed by atoms with Crippen LogP contribution in [0.15, 0.2) is 12.1 Å². The van der Waals surface area contributed by atoms with Crippen molar-refractivity contribution in [3.63, 3.8) is 0 Å². The number of carboxylic acid groups (broad SMARTS) is 1. The fourth-order valence-electron chi connectivity index (χ4n) is 1.08. The van der Waals surface area contributed by atoms with E-state index in [1.165, 1.54) is 6.92 Å². The molecular formula is C9H8F2O3. The Bertz CT molecular complexity index is 377. The second kappa shape index (κ2) is 3.71. The molecule has 0 fully saturated rings. The third-order valence-corrected chi connectivity index (χ3v) is 1.73. The van der Waals surface area contributed by atoms with Crippen LogP contribution in [0.25, 0.3) is 0 Å². The van der Waals surface area contributed by atoms with Crippen molar-refractivity contribution in [3.05, 3.63) is 34.9 Å². The third kappa shape index (κ3) is 1.88. The molecule has 0 aliphatic carbocycles. The number of hydrogen-bond acceptors (Lipinski definition) is 2. The van der Waals surface area contributed by atoms with Crippen molar-refractivity contribution in [1.29, 1.82) is 0 Å². The zero-order valence-electron chi connectivity index (χ0n) is 7.29. The lowest BCUT2D eigenvalue weighted by Crippen LogP contribution is -2.13. The van der Waals surface area contributed by atoms with Gasteiger partial charge in [0.25, 0.3) is 0 Å². The van der Waals surface area contributed by atoms with E-state index in [-0.39, 0.29) is 0 Å². The molecule has 14 heavy (non-hydrogen) atoms. The van der Waals surface area contributed by atoms with Crippen molar-refractivity contribution in [3.8, 4) is 0 Å². The topological polar surface area (TPSA) is 57.5 Å². The molecule has 1 aromatic carbocycles. The highest BCUT2D eigenvalue weighted by atomic mass is 19.2. The van der Waals surface area contributed by atoms with Gasteiger partial charge in [-0.15, -0.1) is 0 Å². The van der Waals surface area contributed by atoms with Crippen LogP contribution in [0.3, 0.4) is 0 Å². The lowest BCUT2D eigenvalue weighted by Gasteiger charge is -2.08. The van der Waals surface area contributed by atoms with Crippen LogP contribution in [0.1, 0.15) is 17.2 Å². The molecule has 0 spiro atoms. The fourth-order valence-corrected chi connectivity index (χ4v) is 1.08. The molecule has 5 heteroatoms. The minimum Gasteiger partial charge on any atom is -0.479 e. The van der Waals surface area contributed by atoms with E-state index in [9.17, 15) is 13.6 Å². The number of halogens is 2. The molecule has 1 atom stereocenters. The number of aryl methyl sites for hydroxylation is 1. The molecule has 0 aliphatic heterocycles. The van der Waals surface area contributed by atoms with Crippen LogP contribution in [0, 0.1) is 18.6 Å². The van der Waals surface area contributed by atoms with Gasteiger partial charge in [-0.05, 0) is 24.6 Å². The largest absolute Gasteiger partial charge is 0.479 e. The van der Waals surface area contributed by atoms with Gasteiger partial charge in [-0.1, -0.05) is 0 Å². The van der Waals surface area contributed by atoms with Crippen LogP contribution < -0.4 is 0 Å². The standard InChI is InChI=1S/C9H8F2O3/c1-4-2-5(8(12)9(13)14)7(11)6(10)3-4/h2-3,8,12H,1H3,(H,13,14). The Morgan fingerprint density at radius 3 is 2.50 bits per heavy atom. The Balaban J connectivity index is 3.26. The van der Waals surface area contributed by atoms with E-state index < -0.39 is 29.3 Å². The summed E-state index contributed by atoms with van der Waals surface area (Å²) in [5, 5.41) is 17.4. The fraction of sp³-hybridized carbons (Fsp3) is 0.222. The molecule has 2 N–H and O–H groups in total. The summed E-state index contributed by atoms with van der Waals surface area (Å²) >= 11 is 0. The van der Waals surface area contributed by atoms with E-state index in [1.807, 2.05) is 0 Å². The summed E-state index contributed by atoms with van der Waals surface area (Å²) in [7, 11) is 0. The average molecular weight is 202 g/mol. The molecule has 3 nitrogen and oxygen atoms in total. The van der Waals surface area contributed by atoms with Gasteiger partial charge >= 0.3 is 5.97 Å². The van der Waals surface area contributed by atoms with Gasteiger partial charge in [0.15, 0.2) is 17.7 Å². The second-order valence-electron chi connectivity index (χ2n) is 2.89. The van der Waals surface area contributed by atoms with Gasteiger partial charge in [0.2, 0.25) is 0 Å². The number of aliphatic hydroxyl groups excluding tert-OH is 1. The van der Waals surface area contributed by atoms with Crippen LogP contribution in [0.2, 0.25) is 0 Å². The minimum atomic E-state index is -2.04. The smallest absolute Gasteiger partial charge is 0.337 e. The van der Waals surface area contributed by atoms with Crippen molar-refractivity contribution in [1.82, 2.24) is 0 Å². The third-order valence-electron chi connectivity index (χ3n) is 1.73. The Morgan fingerprint density at radius 2 is 2.00 bits per heavy atom. The summed E-state index contributed by atoms with van der Waals surface area (Å²) in [6.07, 6.45) is -2.04. The zero-order valence-corrected chi connectivity index (χ0v) is 7.29. The highest BCUT2D eigenvalue weighted by Crippen LogP contribution is 2.21. The van der Waals surface area contributed by atoms with Gasteiger partial charge in [-0.2, -0.15) is 0 Å². The number of carbonyl (C=O) groups is 1. The van der Waals surface area contributed by atoms with E-state index in [1.54, 1.807) is 0 Å². The van der Waals surface area contributed by atoms with Crippen molar-refractivity contribution < 1.29 is 23.8 Å². The molecular weight excluding hydrogens is 194 g/mol. The monoisotopic (exact) mass is 202 g/mol. The summed E-state index contributed by atoms with van der Waals surface area (Å²) in [4.78, 5) is 10.3. The molecule has 0 aliphatic rings. The first-order valence-corrected chi connectivity index (χ1v) is 3.80. The lowest BCUT2D eigenvalue weighted by atomic mass is 10.1. The quantitative estimate of drug-likeness (QED) is 0.761. The molecule has 0 bridgehead atoms. The van der Waals surface area contributed by atoms with Crippen molar-refractivity contribution in [2.45, 2.75) is 13.0 Å². The highest BCUT2D eigenvalue weighted by Gasteiger charge is 2.22. The molecule has 0 radical (unpaired) electrons. The predicted octanol–water partition coefficient (Wildman–Crippen LogP) is 1.39. The first-order valence-electron chi connectivity index (χ1n) is 3.80. The summed E-state index contributed by atoms with van der Waals surface area (Å²) in [6.45, 7) is 1.47. The van der Waals surface area contributed by atoms with Crippen LogP contribution in [0.5, 0.6) is 0 Å². The van der Waals surface area contributed by atoms with Gasteiger partial charge in [0.1, 0.15) is 0 Å². The number of benzene rings is 1. The minimum absolute atomic E-state index is 0.346. The van der Waals surface area contributed by atoms with Crippen LogP contribution in [-0.2, 0) is 4.79 Å². The summed E-state index contributed by atoms with van der Waals surface area (Å²) in [5.74, 6) is -4.11. The summed E-state index contributed by atoms with van der Waals surface area (Å²) in [5.41, 5.74) is -0.214. The van der Waals surface area contributed by atoms with Gasteiger partial charge in [-0.3, -0.25) is 0 Å². The Hall–Kier alpha value is -1.49. The number of aliphatic hydroxyl groups is 1. The maximum atomic E-state index is 13.0. The number of hydrogen-bond donors (Lipinski definition) is 2. The first-order chi connectivity index (χ1) is 6.43. The Labute approximate surface area is 78.6 Å². The maximum Gasteiger partial charge on any atom is 0.337 e. The Kier molecular flexibility index (Phi) is 2.81. The van der Waals surface area contributed by atoms with Crippen LogP contribution >= 0.6 is 0 Å². The second-order valence-corrected chi connectivity index (χ2v) is 2.89. The first kappa shape index (κ1) is 10.6. The average Bonchev–Trinajstić information content (AvgIpc) is 2.09. The maximum absolute atomic E-state index is 13.0. The molecule has 1 unspecified atom stereocenters. The predicted molar refractivity (Wildman–Crippen MR) is 43.7 cm³/mol. The molecule has 1 aromatic rings. The van der Waals surface area contributed by atoms with E-state index >= 15 is 0 Å². The van der Waals surface area contributed by atoms with E-state index in [0.29, 0.717) is 5.56 Å². The zero-order chi connectivity index (χ0) is 10.9. The van der Waals surface area contributed by atoms with Gasteiger partial charge in [0, 0.05) is 5.56 Å². The van der Waals surface area contributed by atoms with E-state index in [4.69, 9.17) is 10.2 Å². The lowest BCUT2D eigenvalue weighted by molar-refractivity contribution is -0.147. The molecule has 0 aromatic heterocycles. The molecule has 0 saturated heterocycles. The van der Waals surface area contributed by atoms with E-state index in [0.717, 1.165) is 12.1 Å². The summed E-state index contributed by atoms with van der Waals surface area (Å²) < 4.78 is 25.8. The number of carboxylic acids is 1. The van der Waals surface area contributed by atoms with Crippen molar-refractivity contribution >= 4 is 5.97 Å². The van der Waals surface area contributed by atoms with Crippen molar-refractivity contribution in [2.24, 2.45) is 0 Å². The SMILES string of the molecule is Cc1cc(F)c(F)c(C(O)C(=O)O)c1. The van der Waals surface area contributed by atoms with Crippen LogP contribution in [-0.4, -0.2) is 16.2 Å². The van der Waals surface area contributed by atoms with E-state index in [2.05, 4.69) is 0 Å². The molecule has 0 amide bonds. The van der Waals surface area contributed by atoms with Gasteiger partial charge in [-0.25, -0.2) is 13.6 Å². The number of rotatable bonds is 2. The van der Waals surface area contributed by atoms with Crippen molar-refractivity contribution in [2.75, 3.05) is 0 Å². The molecule has 0 heterocycles.